The van der Waals surface area contributed by atoms with Crippen molar-refractivity contribution < 1.29 is 42.9 Å². The third-order valence-electron chi connectivity index (χ3n) is 10.8. The zero-order valence-corrected chi connectivity index (χ0v) is 46.2. The van der Waals surface area contributed by atoms with Gasteiger partial charge in [-0.15, -0.1) is 0 Å². The highest BCUT2D eigenvalue weighted by Gasteiger charge is 2.25. The van der Waals surface area contributed by atoms with E-state index in [9.17, 15) is 19.5 Å². The first kappa shape index (κ1) is 67.9. The predicted molar refractivity (Wildman–Crippen MR) is 308 cm³/mol. The Morgan fingerprint density at radius 2 is 0.740 bits per heavy atom. The van der Waals surface area contributed by atoms with Crippen LogP contribution in [0.2, 0.25) is 0 Å². The number of ether oxygens (including phenoxy) is 4. The van der Waals surface area contributed by atoms with Crippen LogP contribution >= 0.6 is 0 Å². The number of quaternary nitrogens is 1. The molecule has 0 bridgehead atoms. The average Bonchev–Trinajstić information content (AvgIpc) is 3.36. The summed E-state index contributed by atoms with van der Waals surface area (Å²) < 4.78 is 22.8. The second-order valence-corrected chi connectivity index (χ2v) is 18.8. The molecule has 0 amide bonds. The van der Waals surface area contributed by atoms with Crippen LogP contribution in [-0.4, -0.2) is 87.4 Å². The fraction of sp³-hybridized carbons (Fsp3) is 0.547. The van der Waals surface area contributed by atoms with Crippen molar-refractivity contribution in [3.05, 3.63) is 158 Å². The van der Waals surface area contributed by atoms with E-state index in [0.29, 0.717) is 23.9 Å². The molecule has 0 aromatic rings. The van der Waals surface area contributed by atoms with E-state index in [4.69, 9.17) is 18.9 Å². The topological polar surface area (TPSA) is 108 Å². The quantitative estimate of drug-likeness (QED) is 0.0211. The smallest absolute Gasteiger partial charge is 0.361 e. The molecule has 408 valence electrons. The first-order valence-electron chi connectivity index (χ1n) is 27.6. The fourth-order valence-corrected chi connectivity index (χ4v) is 6.58. The molecule has 0 aliphatic heterocycles. The number of carboxylic acid groups (broad SMARTS) is 1. The van der Waals surface area contributed by atoms with E-state index in [1.54, 1.807) is 0 Å². The van der Waals surface area contributed by atoms with Crippen molar-refractivity contribution in [3.8, 4) is 0 Å². The van der Waals surface area contributed by atoms with Crippen LogP contribution < -0.4 is 0 Å². The van der Waals surface area contributed by atoms with Crippen LogP contribution in [0.25, 0.3) is 0 Å². The van der Waals surface area contributed by atoms with Gasteiger partial charge in [-0.3, -0.25) is 9.59 Å². The lowest BCUT2D eigenvalue weighted by Gasteiger charge is -2.25. The van der Waals surface area contributed by atoms with Gasteiger partial charge in [-0.2, -0.15) is 0 Å². The van der Waals surface area contributed by atoms with E-state index in [2.05, 4.69) is 172 Å². The predicted octanol–water partition coefficient (Wildman–Crippen LogP) is 16.2. The monoisotopic (exact) mass is 1010 g/mol. The molecule has 0 saturated carbocycles. The molecule has 2 unspecified atom stereocenters. The molecule has 0 aliphatic rings. The molecular formula is C64H100NO8+. The van der Waals surface area contributed by atoms with Gasteiger partial charge in [0.1, 0.15) is 13.2 Å². The lowest BCUT2D eigenvalue weighted by Crippen LogP contribution is -2.40. The molecule has 1 N–H and O–H groups in total. The number of unbranched alkanes of at least 4 members (excludes halogenated alkanes) is 7. The molecule has 2 atom stereocenters. The van der Waals surface area contributed by atoms with Crippen LogP contribution in [-0.2, 0) is 33.3 Å². The number of allylic oxidation sites excluding steroid dienone is 26. The van der Waals surface area contributed by atoms with E-state index < -0.39 is 24.3 Å². The summed E-state index contributed by atoms with van der Waals surface area (Å²) in [6, 6.07) is 0. The highest BCUT2D eigenvalue weighted by molar-refractivity contribution is 5.71. The van der Waals surface area contributed by atoms with Crippen molar-refractivity contribution >= 4 is 17.9 Å². The number of likely N-dealkylation sites (N-methyl/N-ethyl adjacent to an activating group) is 1. The Balaban J connectivity index is 4.43. The molecule has 0 saturated heterocycles. The highest BCUT2D eigenvalue weighted by atomic mass is 16.7. The SMILES string of the molecule is CC/C=C\C/C=C\C/C=C\C/C=C\C/C=C\C/C=C\C/C=C\C/C=C\C/C=C\CCCCCC(=O)OC(COC(=O)CCCCCC/C=C\C/C=C\C/C=C\C/C=C\CC)COC(OCC[N+](C)(C)C)C(=O)O. The summed E-state index contributed by atoms with van der Waals surface area (Å²) in [4.78, 5) is 37.3. The summed E-state index contributed by atoms with van der Waals surface area (Å²) in [6.07, 6.45) is 76.0. The van der Waals surface area contributed by atoms with E-state index in [-0.39, 0.29) is 38.6 Å². The van der Waals surface area contributed by atoms with Crippen LogP contribution in [0.1, 0.15) is 168 Å². The van der Waals surface area contributed by atoms with Crippen LogP contribution in [0, 0.1) is 0 Å². The molecule has 0 aromatic carbocycles. The number of aliphatic carboxylic acids is 1. The van der Waals surface area contributed by atoms with Gasteiger partial charge in [-0.25, -0.2) is 4.79 Å². The van der Waals surface area contributed by atoms with Crippen molar-refractivity contribution in [2.75, 3.05) is 47.5 Å². The zero-order chi connectivity index (χ0) is 53.4. The molecule has 0 aromatic heterocycles. The van der Waals surface area contributed by atoms with Crippen molar-refractivity contribution in [1.29, 1.82) is 0 Å². The largest absolute Gasteiger partial charge is 0.477 e. The third kappa shape index (κ3) is 54.5. The summed E-state index contributed by atoms with van der Waals surface area (Å²) in [6.45, 7) is 4.54. The number of esters is 2. The lowest BCUT2D eigenvalue weighted by atomic mass is 10.1. The number of rotatable bonds is 48. The van der Waals surface area contributed by atoms with Gasteiger partial charge in [-0.05, 0) is 122 Å². The Kier molecular flexibility index (Phi) is 49.5. The average molecular weight is 1010 g/mol. The van der Waals surface area contributed by atoms with E-state index >= 15 is 0 Å². The number of carbonyl (C=O) groups excluding carboxylic acids is 2. The molecule has 0 rings (SSSR count). The standard InChI is InChI=1S/C64H99NO8/c1-6-8-10-12-14-16-18-20-22-24-25-26-27-28-29-30-31-32-33-34-35-36-37-39-41-43-45-47-49-51-53-55-62(67)73-60(59-72-64(63(68)69)70-57-56-65(3,4)5)58-71-61(66)54-52-50-48-46-44-42-40-38-23-21-19-17-15-13-11-9-7-2/h8-11,14-17,20-23,25-26,28-29,31-32,34-35,37,39-40,42-43,45,60,64H,6-7,12-13,18-19,24,27,30,33,36,38,41,44,46-59H2,1-5H3/p+1/b10-8-,11-9-,16-14-,17-15-,22-20-,23-21-,26-25-,29-28-,32-31-,35-34-,39-37-,42-40-,45-43-. The minimum absolute atomic E-state index is 0.166. The Hall–Kier alpha value is -5.09. The molecule has 73 heavy (non-hydrogen) atoms. The first-order valence-corrected chi connectivity index (χ1v) is 27.6. The third-order valence-corrected chi connectivity index (χ3v) is 10.8. The van der Waals surface area contributed by atoms with Gasteiger partial charge in [0, 0.05) is 12.8 Å². The Bertz CT molecular complexity index is 1750. The Morgan fingerprint density at radius 1 is 0.411 bits per heavy atom. The van der Waals surface area contributed by atoms with Gasteiger partial charge in [-0.1, -0.05) is 191 Å². The molecule has 0 aliphatic carbocycles. The molecular weight excluding hydrogens is 911 g/mol. The summed E-state index contributed by atoms with van der Waals surface area (Å²) in [5, 5.41) is 9.69. The second kappa shape index (κ2) is 53.2. The number of carboxylic acids is 1. The maximum absolute atomic E-state index is 12.8. The van der Waals surface area contributed by atoms with Gasteiger partial charge >= 0.3 is 17.9 Å². The minimum Gasteiger partial charge on any atom is -0.477 e. The summed E-state index contributed by atoms with van der Waals surface area (Å²) in [7, 11) is 5.93. The zero-order valence-electron chi connectivity index (χ0n) is 46.2. The molecule has 0 fully saturated rings. The first-order chi connectivity index (χ1) is 35.6. The number of hydrogen-bond acceptors (Lipinski definition) is 7. The van der Waals surface area contributed by atoms with Crippen molar-refractivity contribution in [1.82, 2.24) is 0 Å². The van der Waals surface area contributed by atoms with Crippen LogP contribution in [0.4, 0.5) is 0 Å². The van der Waals surface area contributed by atoms with Crippen molar-refractivity contribution in [3.63, 3.8) is 0 Å². The van der Waals surface area contributed by atoms with Gasteiger partial charge in [0.05, 0.1) is 34.4 Å². The summed E-state index contributed by atoms with van der Waals surface area (Å²) in [5.41, 5.74) is 0. The number of carbonyl (C=O) groups is 3. The van der Waals surface area contributed by atoms with Crippen molar-refractivity contribution in [2.45, 2.75) is 180 Å². The second-order valence-electron chi connectivity index (χ2n) is 18.8. The molecule has 0 spiro atoms. The van der Waals surface area contributed by atoms with E-state index in [0.717, 1.165) is 128 Å². The Morgan fingerprint density at radius 3 is 1.10 bits per heavy atom. The van der Waals surface area contributed by atoms with Gasteiger partial charge in [0.15, 0.2) is 6.10 Å². The van der Waals surface area contributed by atoms with Crippen LogP contribution in [0.5, 0.6) is 0 Å². The Labute approximate surface area is 444 Å². The highest BCUT2D eigenvalue weighted by Crippen LogP contribution is 2.11. The molecule has 9 heteroatoms. The van der Waals surface area contributed by atoms with Crippen LogP contribution in [0.3, 0.4) is 0 Å². The normalized spacial score (nSPS) is 14.0. The van der Waals surface area contributed by atoms with Crippen LogP contribution in [0.15, 0.2) is 158 Å². The minimum atomic E-state index is -1.54. The van der Waals surface area contributed by atoms with E-state index in [1.807, 2.05) is 21.1 Å². The van der Waals surface area contributed by atoms with E-state index in [1.165, 1.54) is 0 Å². The summed E-state index contributed by atoms with van der Waals surface area (Å²) in [5.74, 6) is -2.11. The van der Waals surface area contributed by atoms with Gasteiger partial charge < -0.3 is 28.5 Å². The van der Waals surface area contributed by atoms with Gasteiger partial charge in [0.2, 0.25) is 0 Å². The van der Waals surface area contributed by atoms with Gasteiger partial charge in [0.25, 0.3) is 6.29 Å². The number of nitrogens with zero attached hydrogens (tertiary/aromatic N) is 1. The summed E-state index contributed by atoms with van der Waals surface area (Å²) >= 11 is 0. The lowest BCUT2D eigenvalue weighted by molar-refractivity contribution is -0.870. The van der Waals surface area contributed by atoms with Crippen molar-refractivity contribution in [2.24, 2.45) is 0 Å². The fourth-order valence-electron chi connectivity index (χ4n) is 6.58. The molecule has 9 nitrogen and oxygen atoms in total. The maximum atomic E-state index is 12.8. The number of hydrogen-bond donors (Lipinski definition) is 1. The molecule has 0 radical (unpaired) electrons. The maximum Gasteiger partial charge on any atom is 0.361 e. The molecule has 0 heterocycles.